The zero-order valence-electron chi connectivity index (χ0n) is 10.7. The third-order valence-electron chi connectivity index (χ3n) is 2.95. The molecule has 0 aromatic rings. The number of hydrogen-bond donors (Lipinski definition) is 3. The molecule has 0 saturated heterocycles. The molecule has 0 aromatic heterocycles. The molecule has 0 aliphatic heterocycles. The minimum Gasteiger partial charge on any atom is -0.465 e. The van der Waals surface area contributed by atoms with Gasteiger partial charge in [0.15, 0.2) is 8.32 Å². The van der Waals surface area contributed by atoms with Crippen LogP contribution in [0.15, 0.2) is 0 Å². The predicted molar refractivity (Wildman–Crippen MR) is 72.0 cm³/mol. The molecule has 6 heteroatoms. The van der Waals surface area contributed by atoms with Crippen molar-refractivity contribution in [1.29, 1.82) is 0 Å². The average Bonchev–Trinajstić information content (AvgIpc) is 2.09. The fourth-order valence-electron chi connectivity index (χ4n) is 0.938. The highest BCUT2D eigenvalue weighted by Crippen LogP contribution is 2.37. The standard InChI is InChI=1S/C10H23NO3SSi/c1-10(2,3)16(4,5)14-8(7-15)6-11-9(12)13/h8,11,15H,6-7H2,1-5H3,(H,12,13). The fourth-order valence-corrected chi connectivity index (χ4v) is 2.64. The van der Waals surface area contributed by atoms with Crippen molar-refractivity contribution in [2.75, 3.05) is 12.3 Å². The summed E-state index contributed by atoms with van der Waals surface area (Å²) in [5, 5.41) is 11.0. The molecular formula is C10H23NO3SSi. The summed E-state index contributed by atoms with van der Waals surface area (Å²) in [6.07, 6.45) is -1.18. The van der Waals surface area contributed by atoms with E-state index in [9.17, 15) is 4.79 Å². The van der Waals surface area contributed by atoms with Crippen LogP contribution in [0.2, 0.25) is 18.1 Å². The molecule has 0 fully saturated rings. The Hall–Kier alpha value is -0.203. The number of rotatable bonds is 5. The zero-order valence-corrected chi connectivity index (χ0v) is 12.6. The summed E-state index contributed by atoms with van der Waals surface area (Å²) in [7, 11) is -1.84. The van der Waals surface area contributed by atoms with Gasteiger partial charge in [0.1, 0.15) is 0 Å². The minimum atomic E-state index is -1.84. The van der Waals surface area contributed by atoms with Crippen LogP contribution in [0.25, 0.3) is 0 Å². The normalized spacial score (nSPS) is 14.6. The third-order valence-corrected chi connectivity index (χ3v) is 7.89. The van der Waals surface area contributed by atoms with Crippen LogP contribution in [0.1, 0.15) is 20.8 Å². The van der Waals surface area contributed by atoms with Gasteiger partial charge in [0, 0.05) is 12.3 Å². The van der Waals surface area contributed by atoms with Gasteiger partial charge in [-0.05, 0) is 18.1 Å². The van der Waals surface area contributed by atoms with Gasteiger partial charge in [-0.2, -0.15) is 12.6 Å². The second-order valence-electron chi connectivity index (χ2n) is 5.37. The van der Waals surface area contributed by atoms with E-state index in [0.717, 1.165) is 0 Å². The largest absolute Gasteiger partial charge is 0.465 e. The first-order valence-electron chi connectivity index (χ1n) is 5.35. The lowest BCUT2D eigenvalue weighted by Gasteiger charge is -2.39. The Morgan fingerprint density at radius 1 is 1.50 bits per heavy atom. The molecule has 0 aliphatic carbocycles. The Morgan fingerprint density at radius 2 is 2.00 bits per heavy atom. The van der Waals surface area contributed by atoms with Crippen LogP contribution in [0.4, 0.5) is 4.79 Å². The highest BCUT2D eigenvalue weighted by atomic mass is 32.1. The average molecular weight is 265 g/mol. The molecule has 4 nitrogen and oxygen atoms in total. The topological polar surface area (TPSA) is 58.6 Å². The summed E-state index contributed by atoms with van der Waals surface area (Å²) in [4.78, 5) is 10.4. The maximum absolute atomic E-state index is 10.4. The summed E-state index contributed by atoms with van der Waals surface area (Å²) in [6, 6.07) is 0. The molecule has 0 rings (SSSR count). The van der Waals surface area contributed by atoms with Crippen molar-refractivity contribution in [1.82, 2.24) is 5.32 Å². The highest BCUT2D eigenvalue weighted by molar-refractivity contribution is 7.80. The monoisotopic (exact) mass is 265 g/mol. The number of hydrogen-bond acceptors (Lipinski definition) is 3. The molecule has 16 heavy (non-hydrogen) atoms. The predicted octanol–water partition coefficient (Wildman–Crippen LogP) is 2.57. The molecule has 0 saturated carbocycles. The van der Waals surface area contributed by atoms with Gasteiger partial charge in [0.25, 0.3) is 0 Å². The fraction of sp³-hybridized carbons (Fsp3) is 0.900. The summed E-state index contributed by atoms with van der Waals surface area (Å²) >= 11 is 4.19. The number of amides is 1. The Morgan fingerprint density at radius 3 is 2.31 bits per heavy atom. The third kappa shape index (κ3) is 5.22. The lowest BCUT2D eigenvalue weighted by Crippen LogP contribution is -2.47. The number of carbonyl (C=O) groups is 1. The first kappa shape index (κ1) is 15.8. The van der Waals surface area contributed by atoms with Gasteiger partial charge in [-0.3, -0.25) is 0 Å². The Bertz CT molecular complexity index is 241. The zero-order chi connectivity index (χ0) is 13.0. The van der Waals surface area contributed by atoms with Gasteiger partial charge in [0.2, 0.25) is 0 Å². The van der Waals surface area contributed by atoms with Gasteiger partial charge in [-0.25, -0.2) is 4.79 Å². The van der Waals surface area contributed by atoms with Crippen LogP contribution < -0.4 is 5.32 Å². The van der Waals surface area contributed by atoms with Gasteiger partial charge in [0.05, 0.1) is 6.10 Å². The van der Waals surface area contributed by atoms with Gasteiger partial charge in [-0.1, -0.05) is 20.8 Å². The van der Waals surface area contributed by atoms with E-state index in [0.29, 0.717) is 12.3 Å². The molecule has 2 N–H and O–H groups in total. The summed E-state index contributed by atoms with van der Waals surface area (Å²) in [6.45, 7) is 11.0. The van der Waals surface area contributed by atoms with Crippen LogP contribution in [-0.2, 0) is 4.43 Å². The van der Waals surface area contributed by atoms with E-state index in [2.05, 4.69) is 51.8 Å². The second kappa shape index (κ2) is 5.93. The summed E-state index contributed by atoms with van der Waals surface area (Å²) < 4.78 is 6.04. The number of carboxylic acid groups (broad SMARTS) is 1. The maximum Gasteiger partial charge on any atom is 0.404 e. The molecule has 1 unspecified atom stereocenters. The molecule has 0 bridgehead atoms. The first-order chi connectivity index (χ1) is 7.10. The van der Waals surface area contributed by atoms with E-state index in [4.69, 9.17) is 9.53 Å². The van der Waals surface area contributed by atoms with Crippen molar-refractivity contribution in [3.8, 4) is 0 Å². The van der Waals surface area contributed by atoms with E-state index in [1.54, 1.807) is 0 Å². The summed E-state index contributed by atoms with van der Waals surface area (Å²) in [5.74, 6) is 0.521. The lowest BCUT2D eigenvalue weighted by atomic mass is 10.2. The van der Waals surface area contributed by atoms with E-state index in [-0.39, 0.29) is 11.1 Å². The molecule has 0 spiro atoms. The number of nitrogens with one attached hydrogen (secondary N) is 1. The highest BCUT2D eigenvalue weighted by Gasteiger charge is 2.38. The molecule has 96 valence electrons. The molecule has 0 aliphatic rings. The maximum atomic E-state index is 10.4. The SMILES string of the molecule is CC(C)(C)[Si](C)(C)OC(CS)CNC(=O)O. The molecule has 0 radical (unpaired) electrons. The van der Waals surface area contributed by atoms with Gasteiger partial charge >= 0.3 is 6.09 Å². The Kier molecular flexibility index (Phi) is 5.85. The smallest absolute Gasteiger partial charge is 0.404 e. The van der Waals surface area contributed by atoms with E-state index in [1.165, 1.54) is 0 Å². The van der Waals surface area contributed by atoms with E-state index < -0.39 is 14.4 Å². The molecule has 1 atom stereocenters. The van der Waals surface area contributed by atoms with Crippen LogP contribution >= 0.6 is 12.6 Å². The second-order valence-corrected chi connectivity index (χ2v) is 10.5. The van der Waals surface area contributed by atoms with Crippen molar-refractivity contribution in [3.63, 3.8) is 0 Å². The van der Waals surface area contributed by atoms with E-state index in [1.807, 2.05) is 0 Å². The van der Waals surface area contributed by atoms with Gasteiger partial charge < -0.3 is 14.8 Å². The van der Waals surface area contributed by atoms with Crippen molar-refractivity contribution in [2.45, 2.75) is 45.0 Å². The molecule has 0 aromatic carbocycles. The van der Waals surface area contributed by atoms with Crippen molar-refractivity contribution in [3.05, 3.63) is 0 Å². The summed E-state index contributed by atoms with van der Waals surface area (Å²) in [5.41, 5.74) is 0. The van der Waals surface area contributed by atoms with Gasteiger partial charge in [-0.15, -0.1) is 0 Å². The van der Waals surface area contributed by atoms with Crippen LogP contribution in [-0.4, -0.2) is 37.9 Å². The minimum absolute atomic E-state index is 0.122. The van der Waals surface area contributed by atoms with Crippen LogP contribution in [0.5, 0.6) is 0 Å². The van der Waals surface area contributed by atoms with Crippen LogP contribution in [0.3, 0.4) is 0 Å². The number of thiol groups is 1. The van der Waals surface area contributed by atoms with Crippen molar-refractivity contribution >= 4 is 27.0 Å². The molecular weight excluding hydrogens is 242 g/mol. The molecule has 1 amide bonds. The van der Waals surface area contributed by atoms with Crippen molar-refractivity contribution in [2.24, 2.45) is 0 Å². The Labute approximate surface area is 104 Å². The van der Waals surface area contributed by atoms with Crippen LogP contribution in [0, 0.1) is 0 Å². The quantitative estimate of drug-likeness (QED) is 0.529. The van der Waals surface area contributed by atoms with E-state index >= 15 is 0 Å². The first-order valence-corrected chi connectivity index (χ1v) is 8.89. The Balaban J connectivity index is 4.36. The lowest BCUT2D eigenvalue weighted by molar-refractivity contribution is 0.173. The molecule has 0 heterocycles. The van der Waals surface area contributed by atoms with Crippen molar-refractivity contribution < 1.29 is 14.3 Å².